The molecule has 2 heterocycles. The van der Waals surface area contributed by atoms with Gasteiger partial charge in [0.05, 0.1) is 17.8 Å². The van der Waals surface area contributed by atoms with Crippen molar-refractivity contribution in [1.82, 2.24) is 13.9 Å². The fourth-order valence-corrected chi connectivity index (χ4v) is 4.52. The van der Waals surface area contributed by atoms with E-state index in [1.165, 1.54) is 0 Å². The Balaban J connectivity index is 1.61. The number of sulfonamides is 1. The molecule has 1 aromatic carbocycles. The van der Waals surface area contributed by atoms with Crippen molar-refractivity contribution in [3.8, 4) is 5.75 Å². The van der Waals surface area contributed by atoms with Crippen molar-refractivity contribution in [2.75, 3.05) is 19.7 Å². The van der Waals surface area contributed by atoms with Gasteiger partial charge in [-0.15, -0.1) is 0 Å². The Morgan fingerprint density at radius 1 is 1.21 bits per heavy atom. The topological polar surface area (TPSA) is 64.4 Å². The first-order chi connectivity index (χ1) is 11.6. The van der Waals surface area contributed by atoms with Gasteiger partial charge in [-0.2, -0.15) is 4.31 Å². The van der Waals surface area contributed by atoms with Gasteiger partial charge in [0, 0.05) is 32.0 Å². The highest BCUT2D eigenvalue weighted by Gasteiger charge is 2.29. The number of rotatable bonds is 6. The van der Waals surface area contributed by atoms with E-state index in [-0.39, 0.29) is 0 Å². The van der Waals surface area contributed by atoms with E-state index in [2.05, 4.69) is 9.55 Å². The normalized spacial score (nSPS) is 17.0. The third-order valence-electron chi connectivity index (χ3n) is 4.37. The van der Waals surface area contributed by atoms with E-state index in [4.69, 9.17) is 4.74 Å². The molecule has 0 aliphatic carbocycles. The highest BCUT2D eigenvalue weighted by molar-refractivity contribution is 7.89. The molecule has 2 aromatic rings. The Labute approximate surface area is 143 Å². The zero-order valence-corrected chi connectivity index (χ0v) is 14.7. The van der Waals surface area contributed by atoms with Crippen LogP contribution in [-0.2, 0) is 16.6 Å². The lowest BCUT2D eigenvalue weighted by atomic mass is 9.98. The first-order valence-corrected chi connectivity index (χ1v) is 9.72. The summed E-state index contributed by atoms with van der Waals surface area (Å²) in [4.78, 5) is 4.38. The van der Waals surface area contributed by atoms with Gasteiger partial charge in [-0.3, -0.25) is 0 Å². The zero-order chi connectivity index (χ0) is 17.0. The van der Waals surface area contributed by atoms with Gasteiger partial charge in [0.2, 0.25) is 10.0 Å². The van der Waals surface area contributed by atoms with Gasteiger partial charge < -0.3 is 9.30 Å². The van der Waals surface area contributed by atoms with E-state index >= 15 is 0 Å². The number of imidazole rings is 1. The molecule has 0 N–H and O–H groups in total. The largest absolute Gasteiger partial charge is 0.494 e. The van der Waals surface area contributed by atoms with Crippen molar-refractivity contribution in [1.29, 1.82) is 0 Å². The number of piperidine rings is 1. The molecule has 1 aliphatic rings. The van der Waals surface area contributed by atoms with E-state index in [1.54, 1.807) is 34.8 Å². The van der Waals surface area contributed by atoms with Crippen molar-refractivity contribution >= 4 is 10.0 Å². The van der Waals surface area contributed by atoms with Gasteiger partial charge in [0.25, 0.3) is 0 Å². The number of aromatic nitrogens is 2. The summed E-state index contributed by atoms with van der Waals surface area (Å²) in [6.45, 7) is 4.50. The highest BCUT2D eigenvalue weighted by atomic mass is 32.2. The predicted octanol–water partition coefficient (Wildman–Crippen LogP) is 2.38. The van der Waals surface area contributed by atoms with Crippen molar-refractivity contribution in [3.05, 3.63) is 43.0 Å². The Morgan fingerprint density at radius 2 is 1.92 bits per heavy atom. The Hall–Kier alpha value is -1.86. The summed E-state index contributed by atoms with van der Waals surface area (Å²) >= 11 is 0. The summed E-state index contributed by atoms with van der Waals surface area (Å²) < 4.78 is 34.5. The monoisotopic (exact) mass is 349 g/mol. The molecule has 130 valence electrons. The van der Waals surface area contributed by atoms with Crippen LogP contribution in [0.5, 0.6) is 5.75 Å². The minimum absolute atomic E-state index is 0.332. The number of hydrogen-bond donors (Lipinski definition) is 0. The molecule has 7 heteroatoms. The number of ether oxygens (including phenoxy) is 1. The van der Waals surface area contributed by atoms with Crippen LogP contribution < -0.4 is 4.74 Å². The molecule has 3 rings (SSSR count). The van der Waals surface area contributed by atoms with E-state index < -0.39 is 10.0 Å². The first-order valence-electron chi connectivity index (χ1n) is 8.28. The standard InChI is InChI=1S/C17H23N3O3S/c1-2-23-16-3-5-17(6-4-16)24(21,22)20-10-7-15(8-11-20)13-19-12-9-18-14-19/h3-6,9,12,14-15H,2,7-8,10-11,13H2,1H3. The molecule has 24 heavy (non-hydrogen) atoms. The SMILES string of the molecule is CCOc1ccc(S(=O)(=O)N2CCC(Cn3ccnc3)CC2)cc1. The maximum absolute atomic E-state index is 12.7. The predicted molar refractivity (Wildman–Crippen MR) is 91.3 cm³/mol. The fourth-order valence-electron chi connectivity index (χ4n) is 3.05. The Kier molecular flexibility index (Phi) is 5.20. The number of hydrogen-bond acceptors (Lipinski definition) is 4. The molecule has 0 spiro atoms. The second kappa shape index (κ2) is 7.36. The molecule has 0 saturated carbocycles. The average molecular weight is 349 g/mol. The van der Waals surface area contributed by atoms with Gasteiger partial charge in [-0.05, 0) is 49.9 Å². The lowest BCUT2D eigenvalue weighted by Gasteiger charge is -2.31. The van der Waals surface area contributed by atoms with Crippen LogP contribution in [0.1, 0.15) is 19.8 Å². The van der Waals surface area contributed by atoms with Gasteiger partial charge in [-0.1, -0.05) is 0 Å². The van der Waals surface area contributed by atoms with Crippen LogP contribution in [0.4, 0.5) is 0 Å². The maximum Gasteiger partial charge on any atom is 0.243 e. The van der Waals surface area contributed by atoms with Gasteiger partial charge in [-0.25, -0.2) is 13.4 Å². The molecule has 0 amide bonds. The number of nitrogens with zero attached hydrogens (tertiary/aromatic N) is 3. The van der Waals surface area contributed by atoms with Crippen molar-refractivity contribution in [2.24, 2.45) is 5.92 Å². The van der Waals surface area contributed by atoms with E-state index in [0.717, 1.165) is 19.4 Å². The zero-order valence-electron chi connectivity index (χ0n) is 13.8. The minimum Gasteiger partial charge on any atom is -0.494 e. The molecule has 6 nitrogen and oxygen atoms in total. The molecular weight excluding hydrogens is 326 g/mol. The summed E-state index contributed by atoms with van der Waals surface area (Å²) in [6.07, 6.45) is 7.26. The smallest absolute Gasteiger partial charge is 0.243 e. The molecule has 0 bridgehead atoms. The Bertz CT molecular complexity index is 734. The summed E-state index contributed by atoms with van der Waals surface area (Å²) in [5.74, 6) is 1.18. The third-order valence-corrected chi connectivity index (χ3v) is 6.29. The van der Waals surface area contributed by atoms with Gasteiger partial charge in [0.1, 0.15) is 5.75 Å². The summed E-state index contributed by atoms with van der Waals surface area (Å²) in [7, 11) is -3.42. The summed E-state index contributed by atoms with van der Waals surface area (Å²) in [6, 6.07) is 6.67. The van der Waals surface area contributed by atoms with Crippen molar-refractivity contribution in [2.45, 2.75) is 31.2 Å². The van der Waals surface area contributed by atoms with Crippen molar-refractivity contribution < 1.29 is 13.2 Å². The fraction of sp³-hybridized carbons (Fsp3) is 0.471. The molecule has 1 aromatic heterocycles. The molecular formula is C17H23N3O3S. The first kappa shape index (κ1) is 17.0. The molecule has 1 aliphatic heterocycles. The average Bonchev–Trinajstić information content (AvgIpc) is 3.09. The van der Waals surface area contributed by atoms with E-state index in [9.17, 15) is 8.42 Å². The Morgan fingerprint density at radius 3 is 2.50 bits per heavy atom. The minimum atomic E-state index is -3.42. The van der Waals surface area contributed by atoms with E-state index in [0.29, 0.717) is 36.3 Å². The lowest BCUT2D eigenvalue weighted by Crippen LogP contribution is -2.39. The van der Waals surface area contributed by atoms with Crippen LogP contribution in [0.25, 0.3) is 0 Å². The summed E-state index contributed by atoms with van der Waals surface area (Å²) in [5, 5.41) is 0. The van der Waals surface area contributed by atoms with Gasteiger partial charge >= 0.3 is 0 Å². The molecule has 0 radical (unpaired) electrons. The molecule has 1 fully saturated rings. The summed E-state index contributed by atoms with van der Waals surface area (Å²) in [5.41, 5.74) is 0. The van der Waals surface area contributed by atoms with Gasteiger partial charge in [0.15, 0.2) is 0 Å². The lowest BCUT2D eigenvalue weighted by molar-refractivity contribution is 0.253. The number of benzene rings is 1. The molecule has 0 atom stereocenters. The van der Waals surface area contributed by atoms with E-state index in [1.807, 2.05) is 19.4 Å². The quantitative estimate of drug-likeness (QED) is 0.803. The maximum atomic E-state index is 12.7. The van der Waals surface area contributed by atoms with Crippen molar-refractivity contribution in [3.63, 3.8) is 0 Å². The second-order valence-electron chi connectivity index (χ2n) is 6.01. The van der Waals surface area contributed by atoms with Crippen LogP contribution in [0.2, 0.25) is 0 Å². The highest BCUT2D eigenvalue weighted by Crippen LogP contribution is 2.25. The molecule has 1 saturated heterocycles. The molecule has 0 unspecified atom stereocenters. The van der Waals surface area contributed by atoms with Crippen LogP contribution in [0, 0.1) is 5.92 Å². The van der Waals surface area contributed by atoms with Crippen LogP contribution in [-0.4, -0.2) is 42.0 Å². The van der Waals surface area contributed by atoms with Crippen LogP contribution >= 0.6 is 0 Å². The van der Waals surface area contributed by atoms with Crippen LogP contribution in [0.15, 0.2) is 47.9 Å². The van der Waals surface area contributed by atoms with Crippen LogP contribution in [0.3, 0.4) is 0 Å². The second-order valence-corrected chi connectivity index (χ2v) is 7.95. The third kappa shape index (κ3) is 3.79.